The van der Waals surface area contributed by atoms with Gasteiger partial charge < -0.3 is 9.84 Å². The standard InChI is InChI=1S/C10H12O3/c1-2-13-7-10(12)8-4-3-5-9(11)6-8/h3-6,11H,2,7H2,1H3. The first kappa shape index (κ1) is 9.74. The Balaban J connectivity index is 2.66. The van der Waals surface area contributed by atoms with Gasteiger partial charge in [-0.2, -0.15) is 0 Å². The molecule has 0 atom stereocenters. The molecule has 0 bridgehead atoms. The fraction of sp³-hybridized carbons (Fsp3) is 0.300. The maximum atomic E-state index is 11.3. The molecular weight excluding hydrogens is 168 g/mol. The zero-order valence-corrected chi connectivity index (χ0v) is 7.49. The van der Waals surface area contributed by atoms with Crippen LogP contribution in [-0.2, 0) is 4.74 Å². The van der Waals surface area contributed by atoms with Crippen molar-refractivity contribution >= 4 is 5.78 Å². The Kier molecular flexibility index (Phi) is 3.46. The highest BCUT2D eigenvalue weighted by Crippen LogP contribution is 2.11. The minimum Gasteiger partial charge on any atom is -0.508 e. The van der Waals surface area contributed by atoms with Crippen LogP contribution >= 0.6 is 0 Å². The van der Waals surface area contributed by atoms with Gasteiger partial charge in [0.2, 0.25) is 0 Å². The monoisotopic (exact) mass is 180 g/mol. The summed E-state index contributed by atoms with van der Waals surface area (Å²) in [5, 5.41) is 9.09. The number of ether oxygens (including phenoxy) is 1. The average Bonchev–Trinajstić information content (AvgIpc) is 2.14. The molecule has 1 aromatic rings. The van der Waals surface area contributed by atoms with Gasteiger partial charge in [0.15, 0.2) is 5.78 Å². The zero-order chi connectivity index (χ0) is 9.68. The summed E-state index contributed by atoms with van der Waals surface area (Å²) >= 11 is 0. The molecule has 0 fully saturated rings. The number of Topliss-reactive ketones (excluding diaryl/α,β-unsaturated/α-hetero) is 1. The fourth-order valence-corrected chi connectivity index (χ4v) is 0.957. The molecule has 0 amide bonds. The first-order chi connectivity index (χ1) is 6.24. The van der Waals surface area contributed by atoms with Crippen molar-refractivity contribution in [1.29, 1.82) is 0 Å². The van der Waals surface area contributed by atoms with Crippen molar-refractivity contribution < 1.29 is 14.6 Å². The Bertz CT molecular complexity index is 294. The number of carbonyl (C=O) groups is 1. The summed E-state index contributed by atoms with van der Waals surface area (Å²) in [5.41, 5.74) is 0.480. The Morgan fingerprint density at radius 2 is 2.31 bits per heavy atom. The van der Waals surface area contributed by atoms with Crippen LogP contribution in [0.2, 0.25) is 0 Å². The van der Waals surface area contributed by atoms with Gasteiger partial charge in [0.1, 0.15) is 12.4 Å². The van der Waals surface area contributed by atoms with Gasteiger partial charge in [0.05, 0.1) is 0 Å². The highest BCUT2D eigenvalue weighted by molar-refractivity contribution is 5.97. The quantitative estimate of drug-likeness (QED) is 0.716. The average molecular weight is 180 g/mol. The second kappa shape index (κ2) is 4.62. The molecule has 0 aliphatic heterocycles. The van der Waals surface area contributed by atoms with E-state index in [2.05, 4.69) is 0 Å². The predicted molar refractivity (Wildman–Crippen MR) is 48.9 cm³/mol. The number of hydrogen-bond acceptors (Lipinski definition) is 3. The molecule has 0 saturated heterocycles. The summed E-state index contributed by atoms with van der Waals surface area (Å²) in [6.45, 7) is 2.42. The Morgan fingerprint density at radius 1 is 1.54 bits per heavy atom. The van der Waals surface area contributed by atoms with E-state index in [1.54, 1.807) is 12.1 Å². The third-order valence-corrected chi connectivity index (χ3v) is 1.61. The second-order valence-corrected chi connectivity index (χ2v) is 2.61. The van der Waals surface area contributed by atoms with E-state index in [-0.39, 0.29) is 18.1 Å². The molecule has 3 nitrogen and oxygen atoms in total. The maximum Gasteiger partial charge on any atom is 0.188 e. The van der Waals surface area contributed by atoms with Crippen LogP contribution in [0.25, 0.3) is 0 Å². The molecule has 0 aliphatic rings. The van der Waals surface area contributed by atoms with Crippen LogP contribution in [0.4, 0.5) is 0 Å². The van der Waals surface area contributed by atoms with E-state index in [1.165, 1.54) is 12.1 Å². The van der Waals surface area contributed by atoms with Gasteiger partial charge in [0, 0.05) is 12.2 Å². The lowest BCUT2D eigenvalue weighted by molar-refractivity contribution is 0.0783. The van der Waals surface area contributed by atoms with Crippen LogP contribution in [0.3, 0.4) is 0 Å². The minimum absolute atomic E-state index is 0.0694. The molecule has 1 N–H and O–H groups in total. The van der Waals surface area contributed by atoms with E-state index >= 15 is 0 Å². The van der Waals surface area contributed by atoms with Crippen LogP contribution in [0.5, 0.6) is 5.75 Å². The van der Waals surface area contributed by atoms with Crippen LogP contribution in [0, 0.1) is 0 Å². The minimum atomic E-state index is -0.113. The second-order valence-electron chi connectivity index (χ2n) is 2.61. The van der Waals surface area contributed by atoms with Gasteiger partial charge in [-0.3, -0.25) is 4.79 Å². The van der Waals surface area contributed by atoms with E-state index in [0.29, 0.717) is 12.2 Å². The summed E-state index contributed by atoms with van der Waals surface area (Å²) in [5.74, 6) is -0.0138. The van der Waals surface area contributed by atoms with E-state index in [1.807, 2.05) is 6.92 Å². The van der Waals surface area contributed by atoms with E-state index < -0.39 is 0 Å². The highest BCUT2D eigenvalue weighted by Gasteiger charge is 2.05. The molecule has 0 radical (unpaired) electrons. The molecule has 13 heavy (non-hydrogen) atoms. The van der Waals surface area contributed by atoms with Crippen molar-refractivity contribution in [1.82, 2.24) is 0 Å². The molecule has 0 aromatic heterocycles. The Labute approximate surface area is 77.0 Å². The van der Waals surface area contributed by atoms with Crippen molar-refractivity contribution in [2.24, 2.45) is 0 Å². The van der Waals surface area contributed by atoms with E-state index in [9.17, 15) is 4.79 Å². The van der Waals surface area contributed by atoms with Crippen LogP contribution in [0.15, 0.2) is 24.3 Å². The third-order valence-electron chi connectivity index (χ3n) is 1.61. The summed E-state index contributed by atoms with van der Waals surface area (Å²) in [6.07, 6.45) is 0. The van der Waals surface area contributed by atoms with Crippen molar-refractivity contribution in [2.75, 3.05) is 13.2 Å². The maximum absolute atomic E-state index is 11.3. The molecule has 0 saturated carbocycles. The van der Waals surface area contributed by atoms with E-state index in [4.69, 9.17) is 9.84 Å². The molecule has 0 spiro atoms. The SMILES string of the molecule is CCOCC(=O)c1cccc(O)c1. The molecular formula is C10H12O3. The smallest absolute Gasteiger partial charge is 0.188 e. The van der Waals surface area contributed by atoms with Crippen LogP contribution in [-0.4, -0.2) is 24.1 Å². The highest BCUT2D eigenvalue weighted by atomic mass is 16.5. The van der Waals surface area contributed by atoms with Crippen molar-refractivity contribution in [2.45, 2.75) is 6.92 Å². The van der Waals surface area contributed by atoms with Crippen LogP contribution in [0.1, 0.15) is 17.3 Å². The molecule has 0 aliphatic carbocycles. The number of rotatable bonds is 4. The summed E-state index contributed by atoms with van der Waals surface area (Å²) < 4.78 is 4.96. The van der Waals surface area contributed by atoms with Gasteiger partial charge in [-0.05, 0) is 19.1 Å². The van der Waals surface area contributed by atoms with Gasteiger partial charge in [-0.15, -0.1) is 0 Å². The summed E-state index contributed by atoms with van der Waals surface area (Å²) in [7, 11) is 0. The Hall–Kier alpha value is -1.35. The number of aromatic hydroxyl groups is 1. The molecule has 1 rings (SSSR count). The number of carbonyl (C=O) groups excluding carboxylic acids is 1. The lowest BCUT2D eigenvalue weighted by Gasteiger charge is -2.01. The van der Waals surface area contributed by atoms with Gasteiger partial charge >= 0.3 is 0 Å². The molecule has 1 aromatic carbocycles. The largest absolute Gasteiger partial charge is 0.508 e. The third kappa shape index (κ3) is 2.87. The number of hydrogen-bond donors (Lipinski definition) is 1. The van der Waals surface area contributed by atoms with Gasteiger partial charge in [-0.25, -0.2) is 0 Å². The molecule has 0 heterocycles. The van der Waals surface area contributed by atoms with Gasteiger partial charge in [0.25, 0.3) is 0 Å². The summed E-state index contributed by atoms with van der Waals surface area (Å²) in [6, 6.07) is 6.24. The summed E-state index contributed by atoms with van der Waals surface area (Å²) in [4.78, 5) is 11.3. The first-order valence-corrected chi connectivity index (χ1v) is 4.14. The number of phenolic OH excluding ortho intramolecular Hbond substituents is 1. The zero-order valence-electron chi connectivity index (χ0n) is 7.49. The number of phenols is 1. The predicted octanol–water partition coefficient (Wildman–Crippen LogP) is 1.61. The molecule has 70 valence electrons. The lowest BCUT2D eigenvalue weighted by Crippen LogP contribution is -2.08. The van der Waals surface area contributed by atoms with Crippen molar-refractivity contribution in [3.05, 3.63) is 29.8 Å². The van der Waals surface area contributed by atoms with Gasteiger partial charge in [-0.1, -0.05) is 12.1 Å². The topological polar surface area (TPSA) is 46.5 Å². The molecule has 3 heteroatoms. The normalized spacial score (nSPS) is 9.92. The van der Waals surface area contributed by atoms with Crippen LogP contribution < -0.4 is 0 Å². The van der Waals surface area contributed by atoms with E-state index in [0.717, 1.165) is 0 Å². The first-order valence-electron chi connectivity index (χ1n) is 4.14. The lowest BCUT2D eigenvalue weighted by atomic mass is 10.1. The Morgan fingerprint density at radius 3 is 2.92 bits per heavy atom. The number of ketones is 1. The van der Waals surface area contributed by atoms with Crippen molar-refractivity contribution in [3.63, 3.8) is 0 Å². The van der Waals surface area contributed by atoms with Crippen molar-refractivity contribution in [3.8, 4) is 5.75 Å². The molecule has 0 unspecified atom stereocenters. The fourth-order valence-electron chi connectivity index (χ4n) is 0.957. The number of benzene rings is 1.